The molecule has 0 N–H and O–H groups in total. The molecule has 1 atom stereocenters. The second kappa shape index (κ2) is 2.70. The third-order valence-electron chi connectivity index (χ3n) is 2.36. The first-order valence-corrected chi connectivity index (χ1v) is 3.99. The Bertz CT molecular complexity index is 86.6. The van der Waals surface area contributed by atoms with E-state index in [2.05, 4.69) is 25.7 Å². The summed E-state index contributed by atoms with van der Waals surface area (Å²) in [7, 11) is 0. The van der Waals surface area contributed by atoms with Crippen molar-refractivity contribution in [2.24, 2.45) is 5.92 Å². The Labute approximate surface area is 58.0 Å². The van der Waals surface area contributed by atoms with Crippen LogP contribution in [0, 0.1) is 5.92 Å². The molecule has 0 amide bonds. The van der Waals surface area contributed by atoms with Crippen molar-refractivity contribution in [1.82, 2.24) is 4.90 Å². The first-order valence-electron chi connectivity index (χ1n) is 3.99. The third-order valence-corrected chi connectivity index (χ3v) is 2.36. The van der Waals surface area contributed by atoms with Gasteiger partial charge in [-0.2, -0.15) is 0 Å². The quantitative estimate of drug-likeness (QED) is 0.546. The van der Waals surface area contributed by atoms with E-state index in [-0.39, 0.29) is 0 Å². The Morgan fingerprint density at radius 3 is 2.33 bits per heavy atom. The van der Waals surface area contributed by atoms with Gasteiger partial charge in [0.15, 0.2) is 0 Å². The van der Waals surface area contributed by atoms with Crippen LogP contribution in [-0.2, 0) is 0 Å². The van der Waals surface area contributed by atoms with Crippen LogP contribution in [0.5, 0.6) is 0 Å². The minimum atomic E-state index is 0.860. The van der Waals surface area contributed by atoms with E-state index in [0.717, 1.165) is 12.0 Å². The average molecular weight is 127 g/mol. The van der Waals surface area contributed by atoms with E-state index in [1.54, 1.807) is 0 Å². The van der Waals surface area contributed by atoms with Gasteiger partial charge in [-0.25, -0.2) is 0 Å². The molecule has 1 nitrogen and oxygen atoms in total. The molecule has 1 heteroatoms. The Morgan fingerprint density at radius 2 is 2.22 bits per heavy atom. The number of hydrogen-bond donors (Lipinski definition) is 0. The van der Waals surface area contributed by atoms with Crippen LogP contribution < -0.4 is 0 Å². The molecule has 0 saturated carbocycles. The molecule has 1 aliphatic rings. The fourth-order valence-electron chi connectivity index (χ4n) is 1.61. The van der Waals surface area contributed by atoms with Crippen molar-refractivity contribution in [2.75, 3.05) is 13.1 Å². The first kappa shape index (κ1) is 7.07. The maximum atomic E-state index is 2.55. The van der Waals surface area contributed by atoms with Gasteiger partial charge in [0.25, 0.3) is 0 Å². The SMILES string of the molecule is CCN1CC[C@@H]1C(C)C. The normalized spacial score (nSPS) is 28.7. The Kier molecular flexibility index (Phi) is 2.12. The van der Waals surface area contributed by atoms with E-state index in [1.165, 1.54) is 19.5 Å². The van der Waals surface area contributed by atoms with Crippen LogP contribution in [0.2, 0.25) is 0 Å². The van der Waals surface area contributed by atoms with Crippen molar-refractivity contribution in [3.8, 4) is 0 Å². The van der Waals surface area contributed by atoms with Crippen LogP contribution in [0.4, 0.5) is 0 Å². The van der Waals surface area contributed by atoms with Gasteiger partial charge in [0.05, 0.1) is 0 Å². The summed E-state index contributed by atoms with van der Waals surface area (Å²) in [6.45, 7) is 9.44. The molecule has 0 radical (unpaired) electrons. The summed E-state index contributed by atoms with van der Waals surface area (Å²) in [5.41, 5.74) is 0. The maximum absolute atomic E-state index is 2.55. The molecule has 1 rings (SSSR count). The van der Waals surface area contributed by atoms with Crippen molar-refractivity contribution >= 4 is 0 Å². The molecule has 0 aromatic rings. The van der Waals surface area contributed by atoms with E-state index in [1.807, 2.05) is 0 Å². The molecule has 0 unspecified atom stereocenters. The second-order valence-electron chi connectivity index (χ2n) is 3.23. The molecule has 0 aromatic carbocycles. The highest BCUT2D eigenvalue weighted by Gasteiger charge is 2.28. The molecule has 0 aliphatic carbocycles. The summed E-state index contributed by atoms with van der Waals surface area (Å²) in [5.74, 6) is 0.860. The van der Waals surface area contributed by atoms with Crippen molar-refractivity contribution in [2.45, 2.75) is 33.2 Å². The predicted molar refractivity (Wildman–Crippen MR) is 40.5 cm³/mol. The van der Waals surface area contributed by atoms with E-state index in [9.17, 15) is 0 Å². The molecule has 0 aromatic heterocycles. The van der Waals surface area contributed by atoms with Crippen LogP contribution in [-0.4, -0.2) is 24.0 Å². The van der Waals surface area contributed by atoms with Gasteiger partial charge >= 0.3 is 0 Å². The van der Waals surface area contributed by atoms with Crippen molar-refractivity contribution in [1.29, 1.82) is 0 Å². The molecular formula is C8H17N. The highest BCUT2D eigenvalue weighted by atomic mass is 15.2. The Balaban J connectivity index is 2.27. The van der Waals surface area contributed by atoms with Gasteiger partial charge in [0, 0.05) is 6.04 Å². The van der Waals surface area contributed by atoms with Gasteiger partial charge in [-0.3, -0.25) is 0 Å². The number of likely N-dealkylation sites (tertiary alicyclic amines) is 1. The zero-order chi connectivity index (χ0) is 6.85. The van der Waals surface area contributed by atoms with Crippen LogP contribution in [0.3, 0.4) is 0 Å². The molecule has 1 fully saturated rings. The molecular weight excluding hydrogens is 110 g/mol. The largest absolute Gasteiger partial charge is 0.300 e. The predicted octanol–water partition coefficient (Wildman–Crippen LogP) is 1.74. The molecule has 1 aliphatic heterocycles. The fourth-order valence-corrected chi connectivity index (χ4v) is 1.61. The molecule has 0 bridgehead atoms. The monoisotopic (exact) mass is 127 g/mol. The van der Waals surface area contributed by atoms with Crippen molar-refractivity contribution < 1.29 is 0 Å². The summed E-state index contributed by atoms with van der Waals surface area (Å²) < 4.78 is 0. The standard InChI is InChI=1S/C8H17N/c1-4-9-6-5-8(9)7(2)3/h7-8H,4-6H2,1-3H3/t8-/m1/s1. The molecule has 1 saturated heterocycles. The van der Waals surface area contributed by atoms with Gasteiger partial charge in [0.1, 0.15) is 0 Å². The number of hydrogen-bond acceptors (Lipinski definition) is 1. The van der Waals surface area contributed by atoms with Crippen molar-refractivity contribution in [3.63, 3.8) is 0 Å². The second-order valence-corrected chi connectivity index (χ2v) is 3.23. The van der Waals surface area contributed by atoms with Crippen LogP contribution in [0.25, 0.3) is 0 Å². The lowest BCUT2D eigenvalue weighted by Crippen LogP contribution is -2.50. The van der Waals surface area contributed by atoms with Gasteiger partial charge in [-0.1, -0.05) is 20.8 Å². The number of rotatable bonds is 2. The topological polar surface area (TPSA) is 3.24 Å². The Morgan fingerprint density at radius 1 is 1.56 bits per heavy atom. The summed E-state index contributed by atoms with van der Waals surface area (Å²) in [4.78, 5) is 2.55. The van der Waals surface area contributed by atoms with E-state index >= 15 is 0 Å². The lowest BCUT2D eigenvalue weighted by molar-refractivity contribution is 0.0624. The summed E-state index contributed by atoms with van der Waals surface area (Å²) in [6, 6.07) is 0.898. The lowest BCUT2D eigenvalue weighted by Gasteiger charge is -2.42. The lowest BCUT2D eigenvalue weighted by atomic mass is 9.92. The summed E-state index contributed by atoms with van der Waals surface area (Å²) in [5, 5.41) is 0. The van der Waals surface area contributed by atoms with E-state index in [0.29, 0.717) is 0 Å². The van der Waals surface area contributed by atoms with Crippen molar-refractivity contribution in [3.05, 3.63) is 0 Å². The summed E-state index contributed by atoms with van der Waals surface area (Å²) in [6.07, 6.45) is 1.42. The average Bonchev–Trinajstić information content (AvgIpc) is 1.61. The third kappa shape index (κ3) is 1.26. The van der Waals surface area contributed by atoms with Gasteiger partial charge in [-0.05, 0) is 25.4 Å². The number of nitrogens with zero attached hydrogens (tertiary/aromatic N) is 1. The first-order chi connectivity index (χ1) is 4.25. The molecule has 1 heterocycles. The Hall–Kier alpha value is -0.0400. The van der Waals surface area contributed by atoms with Crippen LogP contribution in [0.1, 0.15) is 27.2 Å². The minimum Gasteiger partial charge on any atom is -0.300 e. The highest BCUT2D eigenvalue weighted by molar-refractivity contribution is 4.83. The smallest absolute Gasteiger partial charge is 0.0130 e. The maximum Gasteiger partial charge on any atom is 0.0130 e. The molecule has 54 valence electrons. The minimum absolute atomic E-state index is 0.860. The van der Waals surface area contributed by atoms with Gasteiger partial charge < -0.3 is 4.90 Å². The van der Waals surface area contributed by atoms with Gasteiger partial charge in [0.2, 0.25) is 0 Å². The highest BCUT2D eigenvalue weighted by Crippen LogP contribution is 2.23. The van der Waals surface area contributed by atoms with E-state index in [4.69, 9.17) is 0 Å². The van der Waals surface area contributed by atoms with E-state index < -0.39 is 0 Å². The van der Waals surface area contributed by atoms with Gasteiger partial charge in [-0.15, -0.1) is 0 Å². The van der Waals surface area contributed by atoms with Crippen LogP contribution >= 0.6 is 0 Å². The fraction of sp³-hybridized carbons (Fsp3) is 1.00. The zero-order valence-corrected chi connectivity index (χ0v) is 6.72. The molecule has 9 heavy (non-hydrogen) atoms. The zero-order valence-electron chi connectivity index (χ0n) is 6.72. The van der Waals surface area contributed by atoms with Crippen LogP contribution in [0.15, 0.2) is 0 Å². The molecule has 0 spiro atoms. The summed E-state index contributed by atoms with van der Waals surface area (Å²) >= 11 is 0.